The largest absolute Gasteiger partial charge is 0.507 e. The van der Waals surface area contributed by atoms with Crippen molar-refractivity contribution >= 4 is 11.8 Å². The third-order valence-corrected chi connectivity index (χ3v) is 2.53. The topological polar surface area (TPSA) is 69.6 Å². The molecule has 0 aromatic heterocycles. The van der Waals surface area contributed by atoms with Crippen LogP contribution < -0.4 is 5.32 Å². The Balaban J connectivity index is 2.89. The van der Waals surface area contributed by atoms with Gasteiger partial charge in [-0.2, -0.15) is 0 Å². The van der Waals surface area contributed by atoms with E-state index < -0.39 is 0 Å². The molecule has 0 saturated carbocycles. The summed E-state index contributed by atoms with van der Waals surface area (Å²) >= 11 is 0. The van der Waals surface area contributed by atoms with Gasteiger partial charge >= 0.3 is 0 Å². The van der Waals surface area contributed by atoms with Crippen LogP contribution in [0.3, 0.4) is 0 Å². The van der Waals surface area contributed by atoms with Crippen LogP contribution in [0.5, 0.6) is 5.75 Å². The molecule has 0 atom stereocenters. The number of amides is 2. The highest BCUT2D eigenvalue weighted by atomic mass is 16.3. The minimum Gasteiger partial charge on any atom is -0.507 e. The molecule has 0 aliphatic heterocycles. The maximum Gasteiger partial charge on any atom is 0.258 e. The Bertz CT molecular complexity index is 432. The summed E-state index contributed by atoms with van der Waals surface area (Å²) in [6.07, 6.45) is 0.746. The Labute approximate surface area is 106 Å². The molecule has 5 heteroatoms. The molecule has 0 radical (unpaired) electrons. The number of rotatable bonds is 5. The highest BCUT2D eigenvalue weighted by molar-refractivity contribution is 5.98. The second-order valence-electron chi connectivity index (χ2n) is 3.92. The normalized spacial score (nSPS) is 9.89. The third kappa shape index (κ3) is 3.48. The maximum absolute atomic E-state index is 12.2. The monoisotopic (exact) mass is 250 g/mol. The van der Waals surface area contributed by atoms with E-state index in [0.717, 1.165) is 6.42 Å². The Hall–Kier alpha value is -2.04. The number of nitrogens with zero attached hydrogens (tertiary/aromatic N) is 1. The molecule has 1 aromatic carbocycles. The number of phenols is 1. The zero-order valence-electron chi connectivity index (χ0n) is 10.6. The van der Waals surface area contributed by atoms with Crippen molar-refractivity contribution in [3.63, 3.8) is 0 Å². The standard InChI is InChI=1S/C13H18N2O3/c1-3-8-15(9-12(17)14-2)13(18)10-6-4-5-7-11(10)16/h4-7,16H,3,8-9H2,1-2H3,(H,14,17). The molecule has 1 rings (SSSR count). The van der Waals surface area contributed by atoms with Gasteiger partial charge in [-0.3, -0.25) is 9.59 Å². The Morgan fingerprint density at radius 1 is 1.33 bits per heavy atom. The van der Waals surface area contributed by atoms with Gasteiger partial charge in [-0.25, -0.2) is 0 Å². The number of para-hydroxylation sites is 1. The van der Waals surface area contributed by atoms with Gasteiger partial charge in [0, 0.05) is 13.6 Å². The lowest BCUT2D eigenvalue weighted by molar-refractivity contribution is -0.121. The molecular formula is C13H18N2O3. The molecule has 0 fully saturated rings. The molecule has 0 heterocycles. The van der Waals surface area contributed by atoms with Crippen LogP contribution in [0.2, 0.25) is 0 Å². The van der Waals surface area contributed by atoms with Crippen molar-refractivity contribution in [2.75, 3.05) is 20.1 Å². The van der Waals surface area contributed by atoms with E-state index in [9.17, 15) is 14.7 Å². The summed E-state index contributed by atoms with van der Waals surface area (Å²) in [5.41, 5.74) is 0.217. The highest BCUT2D eigenvalue weighted by Crippen LogP contribution is 2.17. The zero-order chi connectivity index (χ0) is 13.5. The number of aromatic hydroxyl groups is 1. The van der Waals surface area contributed by atoms with Crippen LogP contribution in [-0.2, 0) is 4.79 Å². The predicted molar refractivity (Wildman–Crippen MR) is 68.4 cm³/mol. The number of hydrogen-bond acceptors (Lipinski definition) is 3. The van der Waals surface area contributed by atoms with Crippen molar-refractivity contribution in [1.29, 1.82) is 0 Å². The first-order chi connectivity index (χ1) is 8.60. The molecule has 0 aliphatic carbocycles. The van der Waals surface area contributed by atoms with Crippen molar-refractivity contribution in [3.8, 4) is 5.75 Å². The molecule has 0 saturated heterocycles. The average Bonchev–Trinajstić information content (AvgIpc) is 2.38. The van der Waals surface area contributed by atoms with E-state index in [1.807, 2.05) is 6.92 Å². The lowest BCUT2D eigenvalue weighted by Gasteiger charge is -2.21. The SMILES string of the molecule is CCCN(CC(=O)NC)C(=O)c1ccccc1O. The number of hydrogen-bond donors (Lipinski definition) is 2. The number of benzene rings is 1. The van der Waals surface area contributed by atoms with Crippen LogP contribution in [0, 0.1) is 0 Å². The first-order valence-corrected chi connectivity index (χ1v) is 5.88. The van der Waals surface area contributed by atoms with E-state index in [4.69, 9.17) is 0 Å². The first-order valence-electron chi connectivity index (χ1n) is 5.88. The molecule has 0 spiro atoms. The van der Waals surface area contributed by atoms with E-state index in [1.54, 1.807) is 18.2 Å². The van der Waals surface area contributed by atoms with Crippen LogP contribution in [0.4, 0.5) is 0 Å². The lowest BCUT2D eigenvalue weighted by Crippen LogP contribution is -2.40. The molecular weight excluding hydrogens is 232 g/mol. The Morgan fingerprint density at radius 2 is 2.00 bits per heavy atom. The van der Waals surface area contributed by atoms with Crippen LogP contribution in [0.1, 0.15) is 23.7 Å². The molecule has 18 heavy (non-hydrogen) atoms. The minimum absolute atomic E-state index is 0.00247. The fourth-order valence-corrected chi connectivity index (χ4v) is 1.60. The van der Waals surface area contributed by atoms with Gasteiger partial charge in [0.05, 0.1) is 12.1 Å². The molecule has 2 N–H and O–H groups in total. The quantitative estimate of drug-likeness (QED) is 0.818. The van der Waals surface area contributed by atoms with Gasteiger partial charge in [0.15, 0.2) is 0 Å². The van der Waals surface area contributed by atoms with E-state index in [1.165, 1.54) is 18.0 Å². The second kappa shape index (κ2) is 6.64. The van der Waals surface area contributed by atoms with Gasteiger partial charge < -0.3 is 15.3 Å². The van der Waals surface area contributed by atoms with Crippen LogP contribution in [0.15, 0.2) is 24.3 Å². The molecule has 98 valence electrons. The van der Waals surface area contributed by atoms with Gasteiger partial charge in [0.1, 0.15) is 5.75 Å². The van der Waals surface area contributed by atoms with Gasteiger partial charge in [-0.1, -0.05) is 19.1 Å². The molecule has 5 nitrogen and oxygen atoms in total. The van der Waals surface area contributed by atoms with E-state index >= 15 is 0 Å². The predicted octanol–water partition coefficient (Wildman–Crippen LogP) is 0.990. The fraction of sp³-hybridized carbons (Fsp3) is 0.385. The second-order valence-corrected chi connectivity index (χ2v) is 3.92. The van der Waals surface area contributed by atoms with Crippen LogP contribution in [-0.4, -0.2) is 42.0 Å². The van der Waals surface area contributed by atoms with E-state index in [0.29, 0.717) is 6.54 Å². The van der Waals surface area contributed by atoms with Crippen molar-refractivity contribution in [2.24, 2.45) is 0 Å². The number of carbonyl (C=O) groups excluding carboxylic acids is 2. The number of carbonyl (C=O) groups is 2. The molecule has 0 bridgehead atoms. The highest BCUT2D eigenvalue weighted by Gasteiger charge is 2.19. The van der Waals surface area contributed by atoms with Crippen molar-refractivity contribution < 1.29 is 14.7 Å². The molecule has 2 amide bonds. The summed E-state index contributed by atoms with van der Waals surface area (Å²) < 4.78 is 0. The molecule has 1 aromatic rings. The van der Waals surface area contributed by atoms with Gasteiger partial charge in [-0.05, 0) is 18.6 Å². The van der Waals surface area contributed by atoms with Gasteiger partial charge in [-0.15, -0.1) is 0 Å². The Morgan fingerprint density at radius 3 is 2.56 bits per heavy atom. The zero-order valence-corrected chi connectivity index (χ0v) is 10.6. The number of nitrogens with one attached hydrogen (secondary N) is 1. The van der Waals surface area contributed by atoms with Crippen molar-refractivity contribution in [3.05, 3.63) is 29.8 Å². The summed E-state index contributed by atoms with van der Waals surface area (Å²) in [5.74, 6) is -0.633. The minimum atomic E-state index is -0.335. The summed E-state index contributed by atoms with van der Waals surface area (Å²) in [4.78, 5) is 25.0. The van der Waals surface area contributed by atoms with Crippen molar-refractivity contribution in [1.82, 2.24) is 10.2 Å². The first kappa shape index (κ1) is 14.0. The Kier molecular flexibility index (Phi) is 5.17. The average molecular weight is 250 g/mol. The smallest absolute Gasteiger partial charge is 0.258 e. The van der Waals surface area contributed by atoms with Crippen LogP contribution in [0.25, 0.3) is 0 Å². The fourth-order valence-electron chi connectivity index (χ4n) is 1.60. The van der Waals surface area contributed by atoms with Crippen LogP contribution >= 0.6 is 0 Å². The maximum atomic E-state index is 12.2. The lowest BCUT2D eigenvalue weighted by atomic mass is 10.1. The molecule has 0 unspecified atom stereocenters. The molecule has 0 aliphatic rings. The summed E-state index contributed by atoms with van der Waals surface area (Å²) in [5, 5.41) is 12.1. The number of phenolic OH excluding ortho intramolecular Hbond substituents is 1. The van der Waals surface area contributed by atoms with Gasteiger partial charge in [0.2, 0.25) is 5.91 Å². The number of likely N-dealkylation sites (N-methyl/N-ethyl adjacent to an activating group) is 1. The summed E-state index contributed by atoms with van der Waals surface area (Å²) in [7, 11) is 1.52. The van der Waals surface area contributed by atoms with Gasteiger partial charge in [0.25, 0.3) is 5.91 Å². The summed E-state index contributed by atoms with van der Waals surface area (Å²) in [6.45, 7) is 2.40. The van der Waals surface area contributed by atoms with E-state index in [-0.39, 0.29) is 29.7 Å². The van der Waals surface area contributed by atoms with Crippen molar-refractivity contribution in [2.45, 2.75) is 13.3 Å². The van der Waals surface area contributed by atoms with E-state index in [2.05, 4.69) is 5.32 Å². The summed E-state index contributed by atoms with van der Waals surface area (Å²) in [6, 6.07) is 6.33. The third-order valence-electron chi connectivity index (χ3n) is 2.53.